The number of piperidine rings is 1. The molecule has 4 fully saturated rings. The van der Waals surface area contributed by atoms with Gasteiger partial charge in [0.2, 0.25) is 0 Å². The van der Waals surface area contributed by atoms with Gasteiger partial charge in [-0.05, 0) is 87.2 Å². The number of amides is 1. The van der Waals surface area contributed by atoms with Gasteiger partial charge in [-0.1, -0.05) is 0 Å². The second-order valence-corrected chi connectivity index (χ2v) is 12.5. The average Bonchev–Trinajstić information content (AvgIpc) is 3.93. The molecule has 1 aromatic carbocycles. The third-order valence-corrected chi connectivity index (χ3v) is 9.12. The molecule has 4 aliphatic rings. The first-order chi connectivity index (χ1) is 21.0. The Kier molecular flexibility index (Phi) is 8.56. The third-order valence-electron chi connectivity index (χ3n) is 9.12. The molecule has 6 rings (SSSR count). The number of ether oxygens (including phenoxy) is 2. The van der Waals surface area contributed by atoms with Gasteiger partial charge in [0.05, 0.1) is 37.1 Å². The maximum absolute atomic E-state index is 15.3. The predicted molar refractivity (Wildman–Crippen MR) is 149 cm³/mol. The first-order valence-corrected chi connectivity index (χ1v) is 15.3. The minimum absolute atomic E-state index is 0.121. The van der Waals surface area contributed by atoms with Gasteiger partial charge in [-0.2, -0.15) is 13.2 Å². The van der Waals surface area contributed by atoms with Crippen LogP contribution in [0.5, 0.6) is 5.75 Å². The van der Waals surface area contributed by atoms with E-state index in [0.717, 1.165) is 62.2 Å². The summed E-state index contributed by atoms with van der Waals surface area (Å²) in [4.78, 5) is 33.1. The third kappa shape index (κ3) is 6.84. The first kappa shape index (κ1) is 30.7. The monoisotopic (exact) mass is 621 g/mol. The van der Waals surface area contributed by atoms with Gasteiger partial charge in [0.1, 0.15) is 23.8 Å². The summed E-state index contributed by atoms with van der Waals surface area (Å²) in [5.74, 6) is -1.49. The molecule has 2 aliphatic carbocycles. The summed E-state index contributed by atoms with van der Waals surface area (Å²) in [6, 6.07) is 3.92. The van der Waals surface area contributed by atoms with Crippen LogP contribution in [0.15, 0.2) is 24.3 Å². The van der Waals surface area contributed by atoms with Gasteiger partial charge in [0, 0.05) is 30.6 Å². The maximum atomic E-state index is 15.3. The molecular formula is C32H36F5N3O4. The summed E-state index contributed by atoms with van der Waals surface area (Å²) < 4.78 is 80.7. The molecule has 2 aliphatic heterocycles. The number of pyridine rings is 1. The van der Waals surface area contributed by atoms with E-state index in [1.165, 1.54) is 18.2 Å². The molecule has 44 heavy (non-hydrogen) atoms. The van der Waals surface area contributed by atoms with E-state index in [-0.39, 0.29) is 36.3 Å². The second-order valence-electron chi connectivity index (χ2n) is 12.5. The molecule has 7 nitrogen and oxygen atoms in total. The number of benzene rings is 1. The van der Waals surface area contributed by atoms with Crippen LogP contribution in [0.1, 0.15) is 89.7 Å². The Morgan fingerprint density at radius 3 is 2.34 bits per heavy atom. The van der Waals surface area contributed by atoms with Crippen LogP contribution in [0.25, 0.3) is 0 Å². The number of hydrogen-bond donors (Lipinski definition) is 0. The number of methoxy groups -OCH3 is 1. The molecule has 2 saturated carbocycles. The van der Waals surface area contributed by atoms with E-state index in [4.69, 9.17) is 9.47 Å². The average molecular weight is 622 g/mol. The Morgan fingerprint density at radius 2 is 1.70 bits per heavy atom. The lowest BCUT2D eigenvalue weighted by Crippen LogP contribution is -2.41. The fourth-order valence-corrected chi connectivity index (χ4v) is 6.29. The predicted octanol–water partition coefficient (Wildman–Crippen LogP) is 6.01. The number of hydrogen-bond acceptors (Lipinski definition) is 6. The topological polar surface area (TPSA) is 72.0 Å². The Hall–Kier alpha value is -3.28. The van der Waals surface area contributed by atoms with E-state index < -0.39 is 41.6 Å². The van der Waals surface area contributed by atoms with Crippen LogP contribution in [-0.4, -0.2) is 72.2 Å². The van der Waals surface area contributed by atoms with E-state index in [0.29, 0.717) is 43.4 Å². The van der Waals surface area contributed by atoms with Crippen molar-refractivity contribution in [2.75, 3.05) is 33.4 Å². The van der Waals surface area contributed by atoms with Crippen molar-refractivity contribution in [3.63, 3.8) is 0 Å². The standard InChI is InChI=1S/C32H36F5N3O4/c1-43-31(42)28-12-22(33)15-40(28)30(41)25-13-24(19-2-3-19)29(14-26(25)34)44-17-18-6-8-39(9-7-18)16-23-10-21(32(35,36)37)11-27(38-23)20-4-5-20/h10-11,13-14,18-20,22,28H,2-9,12,15-17H2,1H3/t22-,28+/m1/s1. The minimum Gasteiger partial charge on any atom is -0.493 e. The van der Waals surface area contributed by atoms with Gasteiger partial charge in [-0.25, -0.2) is 13.6 Å². The molecule has 3 heterocycles. The van der Waals surface area contributed by atoms with Gasteiger partial charge in [-0.3, -0.25) is 14.7 Å². The Labute approximate surface area is 252 Å². The van der Waals surface area contributed by atoms with Gasteiger partial charge < -0.3 is 14.4 Å². The Bertz CT molecular complexity index is 1400. The van der Waals surface area contributed by atoms with Crippen LogP contribution < -0.4 is 4.74 Å². The van der Waals surface area contributed by atoms with Crippen molar-refractivity contribution in [2.24, 2.45) is 5.92 Å². The maximum Gasteiger partial charge on any atom is 0.416 e. The quantitative estimate of drug-likeness (QED) is 0.252. The molecule has 0 N–H and O–H groups in total. The number of aromatic nitrogens is 1. The molecule has 1 aromatic heterocycles. The Morgan fingerprint density at radius 1 is 1.00 bits per heavy atom. The number of carbonyl (C=O) groups is 2. The number of nitrogens with zero attached hydrogens (tertiary/aromatic N) is 3. The number of esters is 1. The highest BCUT2D eigenvalue weighted by atomic mass is 19.4. The van der Waals surface area contributed by atoms with Crippen molar-refractivity contribution in [3.8, 4) is 5.75 Å². The zero-order valence-electron chi connectivity index (χ0n) is 24.5. The van der Waals surface area contributed by atoms with Crippen LogP contribution in [-0.2, 0) is 22.3 Å². The van der Waals surface area contributed by atoms with Crippen molar-refractivity contribution < 1.29 is 41.0 Å². The minimum atomic E-state index is -4.41. The molecule has 12 heteroatoms. The van der Waals surface area contributed by atoms with Gasteiger partial charge in [-0.15, -0.1) is 0 Å². The largest absolute Gasteiger partial charge is 0.493 e. The fraction of sp³-hybridized carbons (Fsp3) is 0.594. The van der Waals surface area contributed by atoms with Crippen LogP contribution >= 0.6 is 0 Å². The molecule has 1 amide bonds. The molecule has 2 aromatic rings. The molecule has 0 spiro atoms. The summed E-state index contributed by atoms with van der Waals surface area (Å²) >= 11 is 0. The van der Waals surface area contributed by atoms with Crippen molar-refractivity contribution in [3.05, 3.63) is 58.2 Å². The number of rotatable bonds is 9. The van der Waals surface area contributed by atoms with Crippen LogP contribution in [0.4, 0.5) is 22.0 Å². The first-order valence-electron chi connectivity index (χ1n) is 15.3. The normalized spacial score (nSPS) is 23.2. The second kappa shape index (κ2) is 12.3. The van der Waals surface area contributed by atoms with Crippen molar-refractivity contribution in [2.45, 2.75) is 81.7 Å². The molecular weight excluding hydrogens is 585 g/mol. The van der Waals surface area contributed by atoms with Crippen LogP contribution in [0.2, 0.25) is 0 Å². The van der Waals surface area contributed by atoms with Crippen LogP contribution in [0, 0.1) is 11.7 Å². The highest BCUT2D eigenvalue weighted by molar-refractivity contribution is 5.98. The van der Waals surface area contributed by atoms with Crippen molar-refractivity contribution in [1.29, 1.82) is 0 Å². The molecule has 0 radical (unpaired) electrons. The zero-order chi connectivity index (χ0) is 31.2. The van der Waals surface area contributed by atoms with Gasteiger partial charge >= 0.3 is 12.1 Å². The summed E-state index contributed by atoms with van der Waals surface area (Å²) in [5.41, 5.74) is 0.822. The number of likely N-dealkylation sites (tertiary alicyclic amines) is 2. The number of halogens is 5. The van der Waals surface area contributed by atoms with E-state index >= 15 is 4.39 Å². The van der Waals surface area contributed by atoms with E-state index in [1.54, 1.807) is 0 Å². The lowest BCUT2D eigenvalue weighted by molar-refractivity contribution is -0.145. The van der Waals surface area contributed by atoms with Crippen molar-refractivity contribution >= 4 is 11.9 Å². The molecule has 2 saturated heterocycles. The van der Waals surface area contributed by atoms with E-state index in [1.807, 2.05) is 0 Å². The van der Waals surface area contributed by atoms with E-state index in [9.17, 15) is 27.2 Å². The lowest BCUT2D eigenvalue weighted by atomic mass is 9.97. The fourth-order valence-electron chi connectivity index (χ4n) is 6.29. The smallest absolute Gasteiger partial charge is 0.416 e. The summed E-state index contributed by atoms with van der Waals surface area (Å²) in [7, 11) is 1.16. The summed E-state index contributed by atoms with van der Waals surface area (Å²) in [5, 5.41) is 0. The molecule has 0 bridgehead atoms. The van der Waals surface area contributed by atoms with Gasteiger partial charge in [0.25, 0.3) is 5.91 Å². The summed E-state index contributed by atoms with van der Waals surface area (Å²) in [6.07, 6.45) is -0.967. The molecule has 238 valence electrons. The van der Waals surface area contributed by atoms with Crippen molar-refractivity contribution in [1.82, 2.24) is 14.8 Å². The number of alkyl halides is 4. The van der Waals surface area contributed by atoms with Crippen LogP contribution in [0.3, 0.4) is 0 Å². The molecule has 2 atom stereocenters. The highest BCUT2D eigenvalue weighted by Crippen LogP contribution is 2.46. The van der Waals surface area contributed by atoms with E-state index in [2.05, 4.69) is 9.88 Å². The Balaban J connectivity index is 1.08. The highest BCUT2D eigenvalue weighted by Gasteiger charge is 2.42. The summed E-state index contributed by atoms with van der Waals surface area (Å²) in [6.45, 7) is 1.73. The lowest BCUT2D eigenvalue weighted by Gasteiger charge is -2.32. The SMILES string of the molecule is COC(=O)[C@@H]1C[C@@H](F)CN1C(=O)c1cc(C2CC2)c(OCC2CCN(Cc3cc(C(F)(F)F)cc(C4CC4)n3)CC2)cc1F. The number of carbonyl (C=O) groups excluding carboxylic acids is 2. The molecule has 0 unspecified atom stereocenters. The van der Waals surface area contributed by atoms with Gasteiger partial charge in [0.15, 0.2) is 0 Å². The zero-order valence-corrected chi connectivity index (χ0v) is 24.5.